The average Bonchev–Trinajstić information content (AvgIpc) is 2.98. The summed E-state index contributed by atoms with van der Waals surface area (Å²) in [6.07, 6.45) is 2.66. The maximum Gasteiger partial charge on any atom is 0.407 e. The smallest absolute Gasteiger partial charge is 0.407 e. The third kappa shape index (κ3) is 8.69. The molecule has 5 amide bonds. The normalized spacial score (nSPS) is 19.9. The minimum Gasteiger partial charge on any atom is -0.444 e. The summed E-state index contributed by atoms with van der Waals surface area (Å²) in [4.78, 5) is 55.7. The SMILES string of the molecule is CCCCON1C(=O)N2C[C@@H]1CC[C@H]2C(=O)NNC(=O)CCNCCNC(=O)OC(C)(C)C. The van der Waals surface area contributed by atoms with Gasteiger partial charge in [0.25, 0.3) is 5.91 Å². The number of hydrogen-bond donors (Lipinski definition) is 4. The molecule has 0 aromatic rings. The number of hydrogen-bond acceptors (Lipinski definition) is 7. The van der Waals surface area contributed by atoms with Crippen LogP contribution in [0.4, 0.5) is 9.59 Å². The molecule has 0 saturated carbocycles. The van der Waals surface area contributed by atoms with E-state index in [0.29, 0.717) is 45.6 Å². The highest BCUT2D eigenvalue weighted by molar-refractivity contribution is 5.90. The number of carbonyl (C=O) groups is 4. The van der Waals surface area contributed by atoms with Gasteiger partial charge in [-0.25, -0.2) is 9.59 Å². The van der Waals surface area contributed by atoms with Crippen molar-refractivity contribution in [1.82, 2.24) is 31.4 Å². The Bertz CT molecular complexity index is 697. The largest absolute Gasteiger partial charge is 0.444 e. The fraction of sp³-hybridized carbons (Fsp3) is 0.810. The number of amides is 5. The van der Waals surface area contributed by atoms with Crippen LogP contribution in [0.15, 0.2) is 0 Å². The van der Waals surface area contributed by atoms with Crippen molar-refractivity contribution in [3.8, 4) is 0 Å². The Morgan fingerprint density at radius 2 is 1.85 bits per heavy atom. The second kappa shape index (κ2) is 12.6. The third-order valence-electron chi connectivity index (χ3n) is 5.18. The lowest BCUT2D eigenvalue weighted by Crippen LogP contribution is -2.54. The molecule has 2 atom stereocenters. The highest BCUT2D eigenvalue weighted by atomic mass is 16.7. The predicted octanol–water partition coefficient (Wildman–Crippen LogP) is 0.639. The molecule has 2 saturated heterocycles. The Morgan fingerprint density at radius 3 is 2.55 bits per heavy atom. The third-order valence-corrected chi connectivity index (χ3v) is 5.18. The van der Waals surface area contributed by atoms with Crippen molar-refractivity contribution in [3.63, 3.8) is 0 Å². The summed E-state index contributed by atoms with van der Waals surface area (Å²) in [7, 11) is 0. The van der Waals surface area contributed by atoms with Crippen LogP contribution in [0.25, 0.3) is 0 Å². The van der Waals surface area contributed by atoms with Crippen LogP contribution in [-0.4, -0.2) is 84.4 Å². The maximum absolute atomic E-state index is 12.6. The standard InChI is InChI=1S/C21H38N6O6/c1-5-6-13-32-27-15-7-8-16(26(14-15)20(27)31)18(29)25-24-17(28)9-10-22-11-12-23-19(30)33-21(2,3)4/h15-16,22H,5-14H2,1-4H3,(H,23,30)(H,24,28)(H,25,29)/t15-,16-/m0/s1. The Hall–Kier alpha value is -2.60. The second-order valence-electron chi connectivity index (χ2n) is 9.16. The maximum atomic E-state index is 12.6. The monoisotopic (exact) mass is 470 g/mol. The van der Waals surface area contributed by atoms with Crippen molar-refractivity contribution in [2.75, 3.05) is 32.8 Å². The van der Waals surface area contributed by atoms with Crippen molar-refractivity contribution >= 4 is 23.9 Å². The number of nitrogens with one attached hydrogen (secondary N) is 4. The molecule has 12 nitrogen and oxygen atoms in total. The van der Waals surface area contributed by atoms with Gasteiger partial charge in [-0.1, -0.05) is 13.3 Å². The van der Waals surface area contributed by atoms with E-state index < -0.39 is 23.6 Å². The molecule has 2 aliphatic rings. The van der Waals surface area contributed by atoms with Gasteiger partial charge in [0, 0.05) is 32.6 Å². The van der Waals surface area contributed by atoms with Crippen LogP contribution >= 0.6 is 0 Å². The lowest BCUT2D eigenvalue weighted by molar-refractivity contribution is -0.132. The average molecular weight is 471 g/mol. The van der Waals surface area contributed by atoms with Crippen molar-refractivity contribution in [2.45, 2.75) is 77.5 Å². The molecule has 0 radical (unpaired) electrons. The number of alkyl carbamates (subject to hydrolysis) is 1. The summed E-state index contributed by atoms with van der Waals surface area (Å²) >= 11 is 0. The van der Waals surface area contributed by atoms with Crippen LogP contribution in [0.3, 0.4) is 0 Å². The van der Waals surface area contributed by atoms with Crippen LogP contribution in [0, 0.1) is 0 Å². The van der Waals surface area contributed by atoms with E-state index in [2.05, 4.69) is 21.5 Å². The fourth-order valence-corrected chi connectivity index (χ4v) is 3.55. The molecule has 2 aliphatic heterocycles. The number of carbonyl (C=O) groups excluding carboxylic acids is 4. The minimum atomic E-state index is -0.633. The number of hydroxylamine groups is 2. The van der Waals surface area contributed by atoms with E-state index in [1.807, 2.05) is 6.92 Å². The van der Waals surface area contributed by atoms with Crippen LogP contribution in [0.1, 0.15) is 59.8 Å². The number of rotatable bonds is 11. The molecule has 0 aromatic carbocycles. The first-order valence-electron chi connectivity index (χ1n) is 11.6. The van der Waals surface area contributed by atoms with E-state index in [-0.39, 0.29) is 24.4 Å². The molecule has 2 bridgehead atoms. The highest BCUT2D eigenvalue weighted by Gasteiger charge is 2.47. The Kier molecular flexibility index (Phi) is 10.2. The summed E-state index contributed by atoms with van der Waals surface area (Å²) in [5.74, 6) is -0.776. The molecular weight excluding hydrogens is 432 g/mol. The number of piperidine rings is 1. The van der Waals surface area contributed by atoms with Gasteiger partial charge < -0.3 is 20.3 Å². The van der Waals surface area contributed by atoms with Crippen LogP contribution in [0.5, 0.6) is 0 Å². The van der Waals surface area contributed by atoms with E-state index in [9.17, 15) is 19.2 Å². The van der Waals surface area contributed by atoms with Crippen molar-refractivity contribution in [3.05, 3.63) is 0 Å². The Labute approximate surface area is 195 Å². The fourth-order valence-electron chi connectivity index (χ4n) is 3.55. The van der Waals surface area contributed by atoms with Crippen LogP contribution < -0.4 is 21.5 Å². The van der Waals surface area contributed by atoms with Crippen molar-refractivity contribution in [1.29, 1.82) is 0 Å². The summed E-state index contributed by atoms with van der Waals surface area (Å²) in [5, 5.41) is 7.03. The van der Waals surface area contributed by atoms with Crippen molar-refractivity contribution < 1.29 is 28.8 Å². The molecular formula is C21H38N6O6. The van der Waals surface area contributed by atoms with Gasteiger partial charge in [0.15, 0.2) is 0 Å². The molecule has 0 aromatic heterocycles. The molecule has 4 N–H and O–H groups in total. The zero-order chi connectivity index (χ0) is 24.4. The topological polar surface area (TPSA) is 141 Å². The first kappa shape index (κ1) is 26.7. The summed E-state index contributed by atoms with van der Waals surface area (Å²) in [5.41, 5.74) is 4.26. The van der Waals surface area contributed by atoms with Gasteiger partial charge in [0.1, 0.15) is 11.6 Å². The Morgan fingerprint density at radius 1 is 1.09 bits per heavy atom. The van der Waals surface area contributed by atoms with Gasteiger partial charge in [-0.3, -0.25) is 25.3 Å². The summed E-state index contributed by atoms with van der Waals surface area (Å²) in [6.45, 7) is 9.52. The van der Waals surface area contributed by atoms with Crippen LogP contribution in [0.2, 0.25) is 0 Å². The first-order valence-corrected chi connectivity index (χ1v) is 11.6. The number of ether oxygens (including phenoxy) is 1. The highest BCUT2D eigenvalue weighted by Crippen LogP contribution is 2.30. The summed E-state index contributed by atoms with van der Waals surface area (Å²) < 4.78 is 5.12. The molecule has 0 spiro atoms. The minimum absolute atomic E-state index is 0.0381. The molecule has 12 heteroatoms. The van der Waals surface area contributed by atoms with Gasteiger partial charge >= 0.3 is 12.1 Å². The number of nitrogens with zero attached hydrogens (tertiary/aromatic N) is 2. The number of fused-ring (bicyclic) bond motifs is 2. The molecule has 33 heavy (non-hydrogen) atoms. The number of urea groups is 1. The quantitative estimate of drug-likeness (QED) is 0.256. The van der Waals surface area contributed by atoms with Gasteiger partial charge in [0.2, 0.25) is 5.91 Å². The molecule has 2 heterocycles. The van der Waals surface area contributed by atoms with E-state index in [1.54, 1.807) is 20.8 Å². The zero-order valence-corrected chi connectivity index (χ0v) is 20.1. The van der Waals surface area contributed by atoms with E-state index >= 15 is 0 Å². The molecule has 0 unspecified atom stereocenters. The van der Waals surface area contributed by atoms with Crippen molar-refractivity contribution in [2.24, 2.45) is 0 Å². The molecule has 2 fully saturated rings. The summed E-state index contributed by atoms with van der Waals surface area (Å²) in [6, 6.07) is -0.973. The zero-order valence-electron chi connectivity index (χ0n) is 20.1. The van der Waals surface area contributed by atoms with Crippen LogP contribution in [-0.2, 0) is 19.2 Å². The van der Waals surface area contributed by atoms with Gasteiger partial charge in [-0.15, -0.1) is 0 Å². The predicted molar refractivity (Wildman–Crippen MR) is 120 cm³/mol. The first-order chi connectivity index (χ1) is 15.6. The van der Waals surface area contributed by atoms with Gasteiger partial charge in [-0.2, -0.15) is 5.06 Å². The lowest BCUT2D eigenvalue weighted by atomic mass is 10.0. The Balaban J connectivity index is 1.60. The second-order valence-corrected chi connectivity index (χ2v) is 9.16. The van der Waals surface area contributed by atoms with Gasteiger partial charge in [0.05, 0.1) is 12.6 Å². The number of hydrazine groups is 1. The molecule has 0 aliphatic carbocycles. The number of unbranched alkanes of at least 4 members (excludes halogenated alkanes) is 1. The van der Waals surface area contributed by atoms with E-state index in [0.717, 1.165) is 12.8 Å². The molecule has 2 rings (SSSR count). The van der Waals surface area contributed by atoms with Gasteiger partial charge in [-0.05, 0) is 40.0 Å². The molecule has 188 valence electrons. The lowest BCUT2D eigenvalue weighted by Gasteiger charge is -2.29. The van der Waals surface area contributed by atoms with E-state index in [4.69, 9.17) is 9.57 Å². The van der Waals surface area contributed by atoms with E-state index in [1.165, 1.54) is 9.96 Å².